The molecule has 1 aromatic heterocycles. The van der Waals surface area contributed by atoms with Gasteiger partial charge in [-0.3, -0.25) is 4.99 Å². The molecule has 0 aliphatic rings. The number of nitrogens with two attached hydrogens (primary N) is 1. The molecule has 0 unspecified atom stereocenters. The van der Waals surface area contributed by atoms with Gasteiger partial charge in [0, 0.05) is 5.56 Å². The lowest BCUT2D eigenvalue weighted by Crippen LogP contribution is -2.13. The van der Waals surface area contributed by atoms with Crippen molar-refractivity contribution in [2.45, 2.75) is 6.54 Å². The van der Waals surface area contributed by atoms with E-state index in [9.17, 15) is 0 Å². The number of aliphatic imine (C=N–C) groups is 1. The summed E-state index contributed by atoms with van der Waals surface area (Å²) in [6.45, 7) is 0.331. The van der Waals surface area contributed by atoms with E-state index < -0.39 is 0 Å². The Morgan fingerprint density at radius 3 is 2.80 bits per heavy atom. The highest BCUT2D eigenvalue weighted by atomic mass is 15.5. The molecule has 0 aliphatic heterocycles. The molecule has 0 amide bonds. The summed E-state index contributed by atoms with van der Waals surface area (Å²) in [4.78, 5) is 4.15. The third kappa shape index (κ3) is 2.37. The van der Waals surface area contributed by atoms with Crippen LogP contribution in [0.3, 0.4) is 0 Å². The Hall–Kier alpha value is -2.24. The first kappa shape index (κ1) is 9.32. The van der Waals surface area contributed by atoms with E-state index in [1.165, 1.54) is 0 Å². The van der Waals surface area contributed by atoms with Gasteiger partial charge < -0.3 is 5.73 Å². The minimum absolute atomic E-state index is 0.331. The first-order valence-corrected chi connectivity index (χ1v) is 4.44. The summed E-state index contributed by atoms with van der Waals surface area (Å²) >= 11 is 0. The smallest absolute Gasteiger partial charge is 0.195 e. The van der Waals surface area contributed by atoms with Crippen LogP contribution >= 0.6 is 0 Å². The Kier molecular flexibility index (Phi) is 2.68. The number of H-pyrrole nitrogens is 1. The number of hydrogen-bond acceptors (Lipinski definition) is 4. The fourth-order valence-corrected chi connectivity index (χ4v) is 1.11. The number of hydrogen-bond donors (Lipinski definition) is 2. The maximum Gasteiger partial charge on any atom is 0.195 e. The van der Waals surface area contributed by atoms with Gasteiger partial charge in [0.1, 0.15) is 12.4 Å². The molecule has 0 saturated heterocycles. The van der Waals surface area contributed by atoms with Gasteiger partial charge in [-0.25, -0.2) is 0 Å². The van der Waals surface area contributed by atoms with E-state index in [0.29, 0.717) is 18.2 Å². The van der Waals surface area contributed by atoms with Gasteiger partial charge in [-0.1, -0.05) is 35.5 Å². The van der Waals surface area contributed by atoms with Gasteiger partial charge in [0.15, 0.2) is 5.82 Å². The van der Waals surface area contributed by atoms with Crippen LogP contribution in [-0.4, -0.2) is 26.5 Å². The minimum atomic E-state index is 0.331. The number of nitrogens with zero attached hydrogens (tertiary/aromatic N) is 4. The molecule has 0 saturated carbocycles. The fourth-order valence-electron chi connectivity index (χ4n) is 1.11. The van der Waals surface area contributed by atoms with Crippen LogP contribution in [0.5, 0.6) is 0 Å². The Bertz CT molecular complexity index is 433. The summed E-state index contributed by atoms with van der Waals surface area (Å²) < 4.78 is 0. The van der Waals surface area contributed by atoms with Gasteiger partial charge in [0.05, 0.1) is 0 Å². The Morgan fingerprint density at radius 2 is 2.13 bits per heavy atom. The second-order valence-electron chi connectivity index (χ2n) is 2.90. The molecule has 3 N–H and O–H groups in total. The molecule has 15 heavy (non-hydrogen) atoms. The van der Waals surface area contributed by atoms with E-state index in [-0.39, 0.29) is 0 Å². The van der Waals surface area contributed by atoms with Crippen molar-refractivity contribution in [1.29, 1.82) is 0 Å². The third-order valence-electron chi connectivity index (χ3n) is 1.85. The van der Waals surface area contributed by atoms with Crippen molar-refractivity contribution in [3.8, 4) is 0 Å². The topological polar surface area (TPSA) is 92.8 Å². The van der Waals surface area contributed by atoms with Gasteiger partial charge in [0.2, 0.25) is 0 Å². The molecule has 6 nitrogen and oxygen atoms in total. The molecule has 0 fully saturated rings. The van der Waals surface area contributed by atoms with Crippen molar-refractivity contribution in [3.63, 3.8) is 0 Å². The zero-order valence-electron chi connectivity index (χ0n) is 7.96. The van der Waals surface area contributed by atoms with Crippen LogP contribution in [0.2, 0.25) is 0 Å². The summed E-state index contributed by atoms with van der Waals surface area (Å²) in [7, 11) is 0. The summed E-state index contributed by atoms with van der Waals surface area (Å²) in [6, 6.07) is 9.54. The lowest BCUT2D eigenvalue weighted by atomic mass is 10.2. The number of nitrogens with one attached hydrogen (secondary N) is 1. The van der Waals surface area contributed by atoms with Crippen molar-refractivity contribution < 1.29 is 0 Å². The summed E-state index contributed by atoms with van der Waals surface area (Å²) in [6.07, 6.45) is 0. The molecule has 0 radical (unpaired) electrons. The monoisotopic (exact) mass is 202 g/mol. The second-order valence-corrected chi connectivity index (χ2v) is 2.90. The van der Waals surface area contributed by atoms with Crippen LogP contribution < -0.4 is 5.73 Å². The molecule has 0 atom stereocenters. The average molecular weight is 202 g/mol. The van der Waals surface area contributed by atoms with Crippen molar-refractivity contribution in [3.05, 3.63) is 41.7 Å². The van der Waals surface area contributed by atoms with Crippen LogP contribution in [0, 0.1) is 0 Å². The van der Waals surface area contributed by atoms with E-state index in [1.807, 2.05) is 30.3 Å². The Balaban J connectivity index is 2.08. The van der Waals surface area contributed by atoms with Crippen LogP contribution in [0.15, 0.2) is 35.3 Å². The van der Waals surface area contributed by atoms with Gasteiger partial charge >= 0.3 is 0 Å². The highest BCUT2D eigenvalue weighted by Crippen LogP contribution is 1.98. The molecule has 2 aromatic rings. The number of aromatic amines is 1. The van der Waals surface area contributed by atoms with E-state index in [1.54, 1.807) is 0 Å². The fraction of sp³-hybridized carbons (Fsp3) is 0.111. The quantitative estimate of drug-likeness (QED) is 0.545. The van der Waals surface area contributed by atoms with Crippen molar-refractivity contribution in [2.75, 3.05) is 0 Å². The zero-order valence-corrected chi connectivity index (χ0v) is 7.96. The van der Waals surface area contributed by atoms with Crippen LogP contribution in [-0.2, 0) is 6.54 Å². The number of tetrazole rings is 1. The van der Waals surface area contributed by atoms with Gasteiger partial charge in [-0.15, -0.1) is 10.2 Å². The number of amidine groups is 1. The molecule has 6 heteroatoms. The standard InChI is InChI=1S/C9H10N6/c10-9(7-4-2-1-3-5-7)11-6-8-12-14-15-13-8/h1-5H,6H2,(H2,10,11)(H,12,13,14,15). The van der Waals surface area contributed by atoms with E-state index >= 15 is 0 Å². The SMILES string of the molecule is NC(=NCc1nn[nH]n1)c1ccccc1. The largest absolute Gasteiger partial charge is 0.383 e. The van der Waals surface area contributed by atoms with Crippen molar-refractivity contribution >= 4 is 5.84 Å². The summed E-state index contributed by atoms with van der Waals surface area (Å²) in [5, 5.41) is 13.3. The molecular formula is C9H10N6. The molecule has 0 bridgehead atoms. The van der Waals surface area contributed by atoms with E-state index in [2.05, 4.69) is 25.6 Å². The van der Waals surface area contributed by atoms with E-state index in [4.69, 9.17) is 5.73 Å². The first-order valence-electron chi connectivity index (χ1n) is 4.44. The molecule has 76 valence electrons. The number of aromatic nitrogens is 4. The lowest BCUT2D eigenvalue weighted by Gasteiger charge is -1.98. The molecular weight excluding hydrogens is 192 g/mol. The highest BCUT2D eigenvalue weighted by Gasteiger charge is 1.98. The zero-order chi connectivity index (χ0) is 10.5. The lowest BCUT2D eigenvalue weighted by molar-refractivity contribution is 0.881. The van der Waals surface area contributed by atoms with Crippen LogP contribution in [0.1, 0.15) is 11.4 Å². The normalized spacial score (nSPS) is 11.6. The number of benzene rings is 1. The molecule has 0 aliphatic carbocycles. The van der Waals surface area contributed by atoms with Crippen LogP contribution in [0.25, 0.3) is 0 Å². The molecule has 0 spiro atoms. The Labute approximate surface area is 86.2 Å². The maximum absolute atomic E-state index is 5.78. The molecule has 2 rings (SSSR count). The van der Waals surface area contributed by atoms with Gasteiger partial charge in [-0.2, -0.15) is 5.21 Å². The first-order chi connectivity index (χ1) is 7.36. The van der Waals surface area contributed by atoms with Gasteiger partial charge in [-0.05, 0) is 0 Å². The minimum Gasteiger partial charge on any atom is -0.383 e. The Morgan fingerprint density at radius 1 is 1.33 bits per heavy atom. The predicted molar refractivity (Wildman–Crippen MR) is 55.0 cm³/mol. The van der Waals surface area contributed by atoms with Crippen molar-refractivity contribution in [2.24, 2.45) is 10.7 Å². The highest BCUT2D eigenvalue weighted by molar-refractivity contribution is 5.97. The molecule has 1 aromatic carbocycles. The van der Waals surface area contributed by atoms with E-state index in [0.717, 1.165) is 5.56 Å². The van der Waals surface area contributed by atoms with Gasteiger partial charge in [0.25, 0.3) is 0 Å². The molecule has 1 heterocycles. The van der Waals surface area contributed by atoms with Crippen LogP contribution in [0.4, 0.5) is 0 Å². The summed E-state index contributed by atoms with van der Waals surface area (Å²) in [5.41, 5.74) is 6.67. The average Bonchev–Trinajstić information content (AvgIpc) is 2.80. The van der Waals surface area contributed by atoms with Crippen molar-refractivity contribution in [1.82, 2.24) is 20.6 Å². The summed E-state index contributed by atoms with van der Waals surface area (Å²) in [5.74, 6) is 0.995. The maximum atomic E-state index is 5.78. The predicted octanol–water partition coefficient (Wildman–Crippen LogP) is 0.105. The second kappa shape index (κ2) is 4.32. The third-order valence-corrected chi connectivity index (χ3v) is 1.85. The number of rotatable bonds is 3.